The summed E-state index contributed by atoms with van der Waals surface area (Å²) in [6.45, 7) is 0.566. The van der Waals surface area contributed by atoms with Gasteiger partial charge in [-0.2, -0.15) is 0 Å². The fourth-order valence-electron chi connectivity index (χ4n) is 1.20. The average Bonchev–Trinajstić information content (AvgIpc) is 2.65. The molecule has 2 rings (SSSR count). The molecule has 0 N–H and O–H groups in total. The maximum absolute atomic E-state index is 5.55. The van der Waals surface area contributed by atoms with Gasteiger partial charge in [-0.25, -0.2) is 0 Å². The number of ether oxygens (including phenoxy) is 2. The lowest BCUT2D eigenvalue weighted by molar-refractivity contribution is 0.184. The van der Waals surface area contributed by atoms with Crippen LogP contribution in [0, 0.1) is 0 Å². The first kappa shape index (κ1) is 11.5. The van der Waals surface area contributed by atoms with Gasteiger partial charge >= 0.3 is 0 Å². The molecule has 0 saturated heterocycles. The lowest BCUT2D eigenvalue weighted by Crippen LogP contribution is -1.89. The fraction of sp³-hybridized carbons (Fsp3) is 0.200. The van der Waals surface area contributed by atoms with Crippen molar-refractivity contribution in [3.05, 3.63) is 33.7 Å². The number of halogens is 1. The number of aromatic nitrogens is 2. The Bertz CT molecular complexity index is 475. The Morgan fingerprint density at radius 3 is 2.94 bits per heavy atom. The molecule has 0 radical (unpaired) electrons. The third-order valence-electron chi connectivity index (χ3n) is 1.80. The van der Waals surface area contributed by atoms with Crippen molar-refractivity contribution >= 4 is 27.3 Å². The summed E-state index contributed by atoms with van der Waals surface area (Å²) in [7, 11) is 1.66. The van der Waals surface area contributed by atoms with Crippen molar-refractivity contribution in [2.24, 2.45) is 0 Å². The molecule has 0 spiro atoms. The lowest BCUT2D eigenvalue weighted by atomic mass is 10.2. The predicted octanol–water partition coefficient (Wildman–Crippen LogP) is 3.24. The van der Waals surface area contributed by atoms with Gasteiger partial charge in [0.1, 0.15) is 5.75 Å². The molecule has 0 bridgehead atoms. The molecule has 0 amide bonds. The summed E-state index contributed by atoms with van der Waals surface area (Å²) in [6.07, 6.45) is 0. The van der Waals surface area contributed by atoms with E-state index in [1.54, 1.807) is 7.11 Å². The number of hydrogen-bond donors (Lipinski definition) is 0. The minimum atomic E-state index is 0.515. The van der Waals surface area contributed by atoms with Gasteiger partial charge in [-0.3, -0.25) is 0 Å². The van der Waals surface area contributed by atoms with E-state index >= 15 is 0 Å². The third kappa shape index (κ3) is 3.01. The van der Waals surface area contributed by atoms with Gasteiger partial charge in [0.25, 0.3) is 5.19 Å². The summed E-state index contributed by atoms with van der Waals surface area (Å²) in [5, 5.41) is 8.18. The Kier molecular flexibility index (Phi) is 3.87. The number of benzene rings is 1. The van der Waals surface area contributed by atoms with E-state index in [2.05, 4.69) is 26.1 Å². The fourth-order valence-corrected chi connectivity index (χ4v) is 2.14. The van der Waals surface area contributed by atoms with Crippen LogP contribution in [0.25, 0.3) is 0 Å². The largest absolute Gasteiger partial charge is 0.430 e. The van der Waals surface area contributed by atoms with Crippen molar-refractivity contribution in [2.75, 3.05) is 7.11 Å². The minimum Gasteiger partial charge on any atom is -0.430 e. The maximum atomic E-state index is 5.55. The molecule has 6 heteroatoms. The van der Waals surface area contributed by atoms with E-state index in [-0.39, 0.29) is 0 Å². The summed E-state index contributed by atoms with van der Waals surface area (Å²) in [4.78, 5) is 0. The highest BCUT2D eigenvalue weighted by molar-refractivity contribution is 9.11. The Labute approximate surface area is 105 Å². The van der Waals surface area contributed by atoms with E-state index < -0.39 is 0 Å². The van der Waals surface area contributed by atoms with Crippen molar-refractivity contribution < 1.29 is 9.47 Å². The van der Waals surface area contributed by atoms with Gasteiger partial charge in [0.2, 0.25) is 0 Å². The number of nitrogens with zero attached hydrogens (tertiary/aromatic N) is 2. The molecule has 84 valence electrons. The van der Waals surface area contributed by atoms with E-state index in [4.69, 9.17) is 9.47 Å². The van der Waals surface area contributed by atoms with Crippen molar-refractivity contribution in [1.29, 1.82) is 0 Å². The molecule has 0 saturated carbocycles. The molecule has 1 heterocycles. The van der Waals surface area contributed by atoms with Crippen LogP contribution in [0.4, 0.5) is 0 Å². The standard InChI is InChI=1S/C10H9BrN2O2S/c1-14-6-7-3-2-4-8(5-7)15-10-13-12-9(11)16-10/h2-5H,6H2,1H3. The first-order valence-corrected chi connectivity index (χ1v) is 6.13. The van der Waals surface area contributed by atoms with Crippen LogP contribution in [0.5, 0.6) is 10.9 Å². The number of methoxy groups -OCH3 is 1. The zero-order valence-electron chi connectivity index (χ0n) is 8.51. The van der Waals surface area contributed by atoms with E-state index in [0.717, 1.165) is 11.3 Å². The second-order valence-corrected chi connectivity index (χ2v) is 5.22. The molecule has 1 aromatic carbocycles. The first-order valence-electron chi connectivity index (χ1n) is 4.52. The van der Waals surface area contributed by atoms with Gasteiger partial charge in [-0.1, -0.05) is 17.2 Å². The van der Waals surface area contributed by atoms with Gasteiger partial charge in [-0.15, -0.1) is 5.10 Å². The molecular weight excluding hydrogens is 292 g/mol. The monoisotopic (exact) mass is 300 g/mol. The van der Waals surface area contributed by atoms with Crippen LogP contribution in [-0.4, -0.2) is 17.3 Å². The topological polar surface area (TPSA) is 44.2 Å². The Hall–Kier alpha value is -0.980. The lowest BCUT2D eigenvalue weighted by Gasteiger charge is -2.03. The molecule has 0 aliphatic heterocycles. The highest BCUT2D eigenvalue weighted by Gasteiger charge is 2.04. The van der Waals surface area contributed by atoms with Crippen LogP contribution in [0.1, 0.15) is 5.56 Å². The Morgan fingerprint density at radius 2 is 2.25 bits per heavy atom. The minimum absolute atomic E-state index is 0.515. The van der Waals surface area contributed by atoms with Gasteiger partial charge in [0.05, 0.1) is 6.61 Å². The molecule has 0 fully saturated rings. The molecular formula is C10H9BrN2O2S. The van der Waals surface area contributed by atoms with E-state index in [1.165, 1.54) is 11.3 Å². The molecule has 0 aliphatic rings. The summed E-state index contributed by atoms with van der Waals surface area (Å²) in [5.41, 5.74) is 1.06. The van der Waals surface area contributed by atoms with Crippen LogP contribution >= 0.6 is 27.3 Å². The van der Waals surface area contributed by atoms with Gasteiger partial charge in [-0.05, 0) is 45.0 Å². The van der Waals surface area contributed by atoms with Crippen molar-refractivity contribution in [3.8, 4) is 10.9 Å². The summed E-state index contributed by atoms with van der Waals surface area (Å²) >= 11 is 4.57. The van der Waals surface area contributed by atoms with Crippen molar-refractivity contribution in [2.45, 2.75) is 6.61 Å². The molecule has 1 aromatic heterocycles. The van der Waals surface area contributed by atoms with E-state index in [1.807, 2.05) is 24.3 Å². The number of hydrogen-bond acceptors (Lipinski definition) is 5. The van der Waals surface area contributed by atoms with Crippen molar-refractivity contribution in [1.82, 2.24) is 10.2 Å². The first-order chi connectivity index (χ1) is 7.78. The molecule has 16 heavy (non-hydrogen) atoms. The predicted molar refractivity (Wildman–Crippen MR) is 64.8 cm³/mol. The van der Waals surface area contributed by atoms with Gasteiger partial charge in [0.15, 0.2) is 3.92 Å². The average molecular weight is 301 g/mol. The van der Waals surface area contributed by atoms with Crippen LogP contribution in [0.15, 0.2) is 28.2 Å². The zero-order valence-corrected chi connectivity index (χ0v) is 10.9. The SMILES string of the molecule is COCc1cccc(Oc2nnc(Br)s2)c1. The Morgan fingerprint density at radius 1 is 1.38 bits per heavy atom. The second-order valence-electron chi connectivity index (χ2n) is 3.00. The van der Waals surface area contributed by atoms with E-state index in [0.29, 0.717) is 15.7 Å². The summed E-state index contributed by atoms with van der Waals surface area (Å²) < 4.78 is 11.3. The molecule has 0 aliphatic carbocycles. The van der Waals surface area contributed by atoms with Crippen molar-refractivity contribution in [3.63, 3.8) is 0 Å². The molecule has 0 atom stereocenters. The van der Waals surface area contributed by atoms with E-state index in [9.17, 15) is 0 Å². The zero-order chi connectivity index (χ0) is 11.4. The smallest absolute Gasteiger partial charge is 0.300 e. The molecule has 4 nitrogen and oxygen atoms in total. The van der Waals surface area contributed by atoms with Crippen LogP contribution in [0.2, 0.25) is 0 Å². The summed E-state index contributed by atoms with van der Waals surface area (Å²) in [5.74, 6) is 0.734. The maximum Gasteiger partial charge on any atom is 0.300 e. The quantitative estimate of drug-likeness (QED) is 0.869. The third-order valence-corrected chi connectivity index (χ3v) is 3.03. The van der Waals surface area contributed by atoms with Crippen LogP contribution < -0.4 is 4.74 Å². The molecule has 2 aromatic rings. The summed E-state index contributed by atoms with van der Waals surface area (Å²) in [6, 6.07) is 7.68. The molecule has 0 unspecified atom stereocenters. The normalized spacial score (nSPS) is 10.4. The highest BCUT2D eigenvalue weighted by atomic mass is 79.9. The second kappa shape index (κ2) is 5.38. The van der Waals surface area contributed by atoms with Gasteiger partial charge < -0.3 is 9.47 Å². The Balaban J connectivity index is 2.12. The number of rotatable bonds is 4. The van der Waals surface area contributed by atoms with Crippen LogP contribution in [-0.2, 0) is 11.3 Å². The highest BCUT2D eigenvalue weighted by Crippen LogP contribution is 2.27. The van der Waals surface area contributed by atoms with Crippen LogP contribution in [0.3, 0.4) is 0 Å². The van der Waals surface area contributed by atoms with Gasteiger partial charge in [0, 0.05) is 7.11 Å².